The predicted molar refractivity (Wildman–Crippen MR) is 119 cm³/mol. The molecule has 0 spiro atoms. The lowest BCUT2D eigenvalue weighted by atomic mass is 9.87. The Morgan fingerprint density at radius 2 is 0.929 bits per heavy atom. The Balaban J connectivity index is 1.93. The summed E-state index contributed by atoms with van der Waals surface area (Å²) in [6.07, 6.45) is 0. The molecule has 0 heteroatoms. The minimum Gasteiger partial charge on any atom is -0.0622 e. The van der Waals surface area contributed by atoms with Gasteiger partial charge >= 0.3 is 0 Å². The molecule has 0 bridgehead atoms. The number of benzene rings is 4. The topological polar surface area (TPSA) is 0 Å². The molecule has 1 aliphatic carbocycles. The zero-order valence-corrected chi connectivity index (χ0v) is 16.2. The maximum absolute atomic E-state index is 2.31. The molecule has 0 atom stereocenters. The van der Waals surface area contributed by atoms with Crippen LogP contribution >= 0.6 is 0 Å². The summed E-state index contributed by atoms with van der Waals surface area (Å²) >= 11 is 0. The normalized spacial score (nSPS) is 11.9. The fraction of sp³-hybridized carbons (Fsp3) is 0.0714. The summed E-state index contributed by atoms with van der Waals surface area (Å²) in [7, 11) is 0. The van der Waals surface area contributed by atoms with Crippen molar-refractivity contribution in [3.63, 3.8) is 0 Å². The second-order valence-corrected chi connectivity index (χ2v) is 7.58. The first-order valence-corrected chi connectivity index (χ1v) is 9.80. The number of rotatable bonds is 2. The van der Waals surface area contributed by atoms with Gasteiger partial charge in [0.05, 0.1) is 0 Å². The summed E-state index contributed by atoms with van der Waals surface area (Å²) < 4.78 is 0. The molecule has 0 N–H and O–H groups in total. The Bertz CT molecular complexity index is 1140. The van der Waals surface area contributed by atoms with Crippen molar-refractivity contribution in [1.82, 2.24) is 0 Å². The Morgan fingerprint density at radius 1 is 0.464 bits per heavy atom. The van der Waals surface area contributed by atoms with Crippen LogP contribution in [0, 0.1) is 13.8 Å². The van der Waals surface area contributed by atoms with Crippen molar-refractivity contribution < 1.29 is 0 Å². The van der Waals surface area contributed by atoms with Crippen LogP contribution in [0.1, 0.15) is 33.4 Å². The van der Waals surface area contributed by atoms with E-state index in [-0.39, 0.29) is 0 Å². The van der Waals surface area contributed by atoms with E-state index >= 15 is 0 Å². The van der Waals surface area contributed by atoms with E-state index in [0.29, 0.717) is 0 Å². The molecule has 0 heterocycles. The SMILES string of the molecule is Cc1cc(C)cc(C(=C2c3ccccc3-c3ccccc32)c2ccccc2)c1. The van der Waals surface area contributed by atoms with Crippen molar-refractivity contribution in [1.29, 1.82) is 0 Å². The van der Waals surface area contributed by atoms with Gasteiger partial charge in [-0.3, -0.25) is 0 Å². The van der Waals surface area contributed by atoms with E-state index in [4.69, 9.17) is 0 Å². The van der Waals surface area contributed by atoms with Crippen LogP contribution in [0.2, 0.25) is 0 Å². The van der Waals surface area contributed by atoms with Crippen LogP contribution in [-0.4, -0.2) is 0 Å². The maximum Gasteiger partial charge on any atom is -0.00143 e. The quantitative estimate of drug-likeness (QED) is 0.311. The third-order valence-corrected chi connectivity index (χ3v) is 5.51. The highest BCUT2D eigenvalue weighted by molar-refractivity contribution is 6.13. The third-order valence-electron chi connectivity index (χ3n) is 5.51. The smallest absolute Gasteiger partial charge is 0.00143 e. The molecule has 0 nitrogen and oxygen atoms in total. The highest BCUT2D eigenvalue weighted by Gasteiger charge is 2.26. The third kappa shape index (κ3) is 2.70. The van der Waals surface area contributed by atoms with Gasteiger partial charge in [-0.15, -0.1) is 0 Å². The summed E-state index contributed by atoms with van der Waals surface area (Å²) in [5.41, 5.74) is 13.1. The number of aryl methyl sites for hydroxylation is 2. The minimum atomic E-state index is 1.26. The van der Waals surface area contributed by atoms with Gasteiger partial charge < -0.3 is 0 Å². The van der Waals surface area contributed by atoms with Crippen molar-refractivity contribution in [3.05, 3.63) is 130 Å². The lowest BCUT2D eigenvalue weighted by Gasteiger charge is -2.16. The van der Waals surface area contributed by atoms with E-state index in [0.717, 1.165) is 0 Å². The summed E-state index contributed by atoms with van der Waals surface area (Å²) in [5, 5.41) is 0. The highest BCUT2D eigenvalue weighted by Crippen LogP contribution is 2.48. The molecule has 0 saturated heterocycles. The van der Waals surface area contributed by atoms with Crippen molar-refractivity contribution in [2.45, 2.75) is 13.8 Å². The molecule has 4 aromatic rings. The Labute approximate surface area is 166 Å². The Hall–Kier alpha value is -3.38. The van der Waals surface area contributed by atoms with Crippen molar-refractivity contribution in [2.75, 3.05) is 0 Å². The molecule has 0 aromatic heterocycles. The number of fused-ring (bicyclic) bond motifs is 3. The van der Waals surface area contributed by atoms with Crippen molar-refractivity contribution >= 4 is 11.1 Å². The van der Waals surface area contributed by atoms with E-state index in [1.165, 1.54) is 55.7 Å². The molecule has 28 heavy (non-hydrogen) atoms. The van der Waals surface area contributed by atoms with Gasteiger partial charge in [-0.2, -0.15) is 0 Å². The summed E-state index contributed by atoms with van der Waals surface area (Å²) in [6.45, 7) is 4.36. The molecule has 0 unspecified atom stereocenters. The second kappa shape index (κ2) is 6.65. The van der Waals surface area contributed by atoms with Gasteiger partial charge in [0.15, 0.2) is 0 Å². The fourth-order valence-corrected chi connectivity index (χ4v) is 4.47. The van der Waals surface area contributed by atoms with Gasteiger partial charge in [-0.1, -0.05) is 108 Å². The first-order valence-electron chi connectivity index (χ1n) is 9.80. The average molecular weight is 358 g/mol. The van der Waals surface area contributed by atoms with E-state index in [2.05, 4.69) is 111 Å². The van der Waals surface area contributed by atoms with Gasteiger partial charge in [-0.05, 0) is 58.4 Å². The molecular weight excluding hydrogens is 336 g/mol. The second-order valence-electron chi connectivity index (χ2n) is 7.58. The van der Waals surface area contributed by atoms with Gasteiger partial charge in [0.25, 0.3) is 0 Å². The summed E-state index contributed by atoms with van der Waals surface area (Å²) in [4.78, 5) is 0. The molecule has 0 saturated carbocycles. The van der Waals surface area contributed by atoms with E-state index in [1.54, 1.807) is 0 Å². The predicted octanol–water partition coefficient (Wildman–Crippen LogP) is 7.29. The van der Waals surface area contributed by atoms with Crippen molar-refractivity contribution in [3.8, 4) is 11.1 Å². The molecule has 0 aliphatic heterocycles. The largest absolute Gasteiger partial charge is 0.0622 e. The Morgan fingerprint density at radius 3 is 1.46 bits per heavy atom. The molecule has 1 aliphatic rings. The van der Waals surface area contributed by atoms with E-state index < -0.39 is 0 Å². The molecular formula is C28H22. The first-order chi connectivity index (χ1) is 13.7. The summed E-state index contributed by atoms with van der Waals surface area (Å²) in [5.74, 6) is 0. The van der Waals surface area contributed by atoms with Crippen LogP contribution in [0.15, 0.2) is 97.1 Å². The van der Waals surface area contributed by atoms with E-state index in [1.807, 2.05) is 0 Å². The zero-order valence-electron chi connectivity index (χ0n) is 16.2. The van der Waals surface area contributed by atoms with Gasteiger partial charge in [0.2, 0.25) is 0 Å². The molecule has 5 rings (SSSR count). The maximum atomic E-state index is 2.31. The van der Waals surface area contributed by atoms with Crippen LogP contribution in [0.25, 0.3) is 22.3 Å². The van der Waals surface area contributed by atoms with Crippen LogP contribution in [-0.2, 0) is 0 Å². The molecule has 134 valence electrons. The minimum absolute atomic E-state index is 1.26. The highest BCUT2D eigenvalue weighted by atomic mass is 14.3. The van der Waals surface area contributed by atoms with Crippen LogP contribution in [0.4, 0.5) is 0 Å². The number of hydrogen-bond donors (Lipinski definition) is 0. The van der Waals surface area contributed by atoms with E-state index in [9.17, 15) is 0 Å². The van der Waals surface area contributed by atoms with Crippen LogP contribution < -0.4 is 0 Å². The van der Waals surface area contributed by atoms with Crippen molar-refractivity contribution in [2.24, 2.45) is 0 Å². The summed E-state index contributed by atoms with van der Waals surface area (Å²) in [6, 6.07) is 35.2. The van der Waals surface area contributed by atoms with Crippen LogP contribution in [0.3, 0.4) is 0 Å². The molecule has 0 amide bonds. The fourth-order valence-electron chi connectivity index (χ4n) is 4.47. The molecule has 0 fully saturated rings. The first kappa shape index (κ1) is 16.8. The zero-order chi connectivity index (χ0) is 19.1. The van der Waals surface area contributed by atoms with Gasteiger partial charge in [0, 0.05) is 0 Å². The molecule has 4 aromatic carbocycles. The lowest BCUT2D eigenvalue weighted by Crippen LogP contribution is -1.96. The van der Waals surface area contributed by atoms with Crippen LogP contribution in [0.5, 0.6) is 0 Å². The monoisotopic (exact) mass is 358 g/mol. The molecule has 0 radical (unpaired) electrons. The average Bonchev–Trinajstić information content (AvgIpc) is 3.03. The van der Waals surface area contributed by atoms with Gasteiger partial charge in [0.1, 0.15) is 0 Å². The lowest BCUT2D eigenvalue weighted by molar-refractivity contribution is 1.36. The Kier molecular flexibility index (Phi) is 3.98. The standard InChI is InChI=1S/C28H22/c1-19-16-20(2)18-22(17-19)27(21-10-4-3-5-11-21)28-25-14-8-6-12-23(25)24-13-7-9-15-26(24)28/h3-18H,1-2H3. The van der Waals surface area contributed by atoms with Gasteiger partial charge in [-0.25, -0.2) is 0 Å². The number of hydrogen-bond acceptors (Lipinski definition) is 0.